The van der Waals surface area contributed by atoms with Crippen molar-refractivity contribution in [2.24, 2.45) is 0 Å². The lowest BCUT2D eigenvalue weighted by Crippen LogP contribution is -1.69. The van der Waals surface area contributed by atoms with Crippen molar-refractivity contribution < 1.29 is 4.42 Å². The molecule has 0 atom stereocenters. The normalized spacial score (nSPS) is 11.0. The molecule has 16 heavy (non-hydrogen) atoms. The van der Waals surface area contributed by atoms with Crippen LogP contribution < -0.4 is 0 Å². The molecule has 0 spiro atoms. The van der Waals surface area contributed by atoms with Crippen LogP contribution in [0.2, 0.25) is 0 Å². The first-order valence-corrected chi connectivity index (χ1v) is 6.92. The van der Waals surface area contributed by atoms with Gasteiger partial charge in [-0.1, -0.05) is 36.0 Å². The Hall–Kier alpha value is -1.19. The molecule has 80 valence electrons. The molecule has 2 heterocycles. The van der Waals surface area contributed by atoms with E-state index in [-0.39, 0.29) is 0 Å². The van der Waals surface area contributed by atoms with Gasteiger partial charge in [0.05, 0.1) is 0 Å². The van der Waals surface area contributed by atoms with Gasteiger partial charge in [-0.2, -0.15) is 0 Å². The minimum Gasteiger partial charge on any atom is -0.450 e. The summed E-state index contributed by atoms with van der Waals surface area (Å²) in [5.74, 6) is 0.984. The molecule has 3 heteroatoms. The van der Waals surface area contributed by atoms with Crippen molar-refractivity contribution in [3.8, 4) is 0 Å². The second kappa shape index (κ2) is 4.36. The minimum absolute atomic E-state index is 0.969. The molecular formula is C13H10OS2. The molecule has 0 amide bonds. The number of thiophene rings is 1. The van der Waals surface area contributed by atoms with Crippen LogP contribution in [0.15, 0.2) is 57.4 Å². The molecule has 0 bridgehead atoms. The number of para-hydroxylation sites is 1. The molecule has 0 N–H and O–H groups in total. The number of hydrogen-bond donors (Lipinski definition) is 0. The molecule has 0 radical (unpaired) electrons. The highest BCUT2D eigenvalue weighted by Gasteiger charge is 2.04. The SMILES string of the molecule is c1csc(CSc2cc3ccccc3o2)c1. The third-order valence-electron chi connectivity index (χ3n) is 2.34. The van der Waals surface area contributed by atoms with Crippen molar-refractivity contribution in [3.63, 3.8) is 0 Å². The largest absolute Gasteiger partial charge is 0.450 e. The predicted octanol–water partition coefficient (Wildman–Crippen LogP) is 4.79. The Morgan fingerprint density at radius 1 is 1.12 bits per heavy atom. The summed E-state index contributed by atoms with van der Waals surface area (Å²) in [6, 6.07) is 14.5. The molecule has 1 aromatic carbocycles. The van der Waals surface area contributed by atoms with Gasteiger partial charge >= 0.3 is 0 Å². The topological polar surface area (TPSA) is 13.1 Å². The summed E-state index contributed by atoms with van der Waals surface area (Å²) in [5.41, 5.74) is 0.969. The van der Waals surface area contributed by atoms with Crippen molar-refractivity contribution in [2.45, 2.75) is 10.8 Å². The molecule has 3 aromatic rings. The Labute approximate surface area is 102 Å². The second-order valence-electron chi connectivity index (χ2n) is 3.47. The smallest absolute Gasteiger partial charge is 0.161 e. The third-order valence-corrected chi connectivity index (χ3v) is 4.34. The second-order valence-corrected chi connectivity index (χ2v) is 5.48. The average Bonchev–Trinajstić information content (AvgIpc) is 2.95. The van der Waals surface area contributed by atoms with Crippen LogP contribution in [0.25, 0.3) is 11.0 Å². The van der Waals surface area contributed by atoms with Crippen LogP contribution in [-0.2, 0) is 5.75 Å². The van der Waals surface area contributed by atoms with Gasteiger partial charge in [0.25, 0.3) is 0 Å². The van der Waals surface area contributed by atoms with E-state index in [1.807, 2.05) is 18.2 Å². The number of thioether (sulfide) groups is 1. The van der Waals surface area contributed by atoms with Crippen LogP contribution >= 0.6 is 23.1 Å². The van der Waals surface area contributed by atoms with Crippen LogP contribution in [0, 0.1) is 0 Å². The first kappa shape index (κ1) is 10.00. The predicted molar refractivity (Wildman–Crippen MR) is 70.1 cm³/mol. The first-order chi connectivity index (χ1) is 7.92. The molecule has 0 aliphatic rings. The van der Waals surface area contributed by atoms with Crippen LogP contribution in [0.1, 0.15) is 4.88 Å². The van der Waals surface area contributed by atoms with Gasteiger partial charge in [-0.15, -0.1) is 11.3 Å². The highest BCUT2D eigenvalue weighted by molar-refractivity contribution is 7.98. The Balaban J connectivity index is 1.79. The number of benzene rings is 1. The van der Waals surface area contributed by atoms with Gasteiger partial charge in [0.1, 0.15) is 5.58 Å². The first-order valence-electron chi connectivity index (χ1n) is 5.05. The fourth-order valence-electron chi connectivity index (χ4n) is 1.57. The van der Waals surface area contributed by atoms with E-state index in [1.165, 1.54) is 10.3 Å². The number of hydrogen-bond acceptors (Lipinski definition) is 3. The van der Waals surface area contributed by atoms with Crippen LogP contribution in [0.4, 0.5) is 0 Å². The van der Waals surface area contributed by atoms with Gasteiger partial charge in [-0.3, -0.25) is 0 Å². The summed E-state index contributed by atoms with van der Waals surface area (Å²) in [6.07, 6.45) is 0. The highest BCUT2D eigenvalue weighted by Crippen LogP contribution is 2.30. The van der Waals surface area contributed by atoms with E-state index >= 15 is 0 Å². The molecular weight excluding hydrogens is 236 g/mol. The van der Waals surface area contributed by atoms with Crippen LogP contribution in [0.5, 0.6) is 0 Å². The van der Waals surface area contributed by atoms with Crippen molar-refractivity contribution in [2.75, 3.05) is 0 Å². The molecule has 0 saturated carbocycles. The van der Waals surface area contributed by atoms with Crippen molar-refractivity contribution in [1.29, 1.82) is 0 Å². The Morgan fingerprint density at radius 2 is 2.06 bits per heavy atom. The molecule has 0 unspecified atom stereocenters. The van der Waals surface area contributed by atoms with Gasteiger partial charge in [0.15, 0.2) is 5.09 Å². The zero-order valence-corrected chi connectivity index (χ0v) is 10.2. The maximum Gasteiger partial charge on any atom is 0.161 e. The van der Waals surface area contributed by atoms with Gasteiger partial charge in [-0.25, -0.2) is 0 Å². The van der Waals surface area contributed by atoms with E-state index in [4.69, 9.17) is 4.42 Å². The summed E-state index contributed by atoms with van der Waals surface area (Å²) in [7, 11) is 0. The van der Waals surface area contributed by atoms with Crippen LogP contribution in [0.3, 0.4) is 0 Å². The fraction of sp³-hybridized carbons (Fsp3) is 0.0769. The molecule has 0 aliphatic carbocycles. The lowest BCUT2D eigenvalue weighted by molar-refractivity contribution is 0.515. The third kappa shape index (κ3) is 2.01. The number of rotatable bonds is 3. The van der Waals surface area contributed by atoms with Gasteiger partial charge in [0, 0.05) is 16.0 Å². The van der Waals surface area contributed by atoms with E-state index in [2.05, 4.69) is 29.6 Å². The zero-order valence-electron chi connectivity index (χ0n) is 8.55. The zero-order chi connectivity index (χ0) is 10.8. The Bertz CT molecular complexity index is 548. The van der Waals surface area contributed by atoms with Crippen LogP contribution in [-0.4, -0.2) is 0 Å². The lowest BCUT2D eigenvalue weighted by atomic mass is 10.3. The molecule has 1 nitrogen and oxygen atoms in total. The number of furan rings is 1. The van der Waals surface area contributed by atoms with E-state index < -0.39 is 0 Å². The molecule has 0 saturated heterocycles. The minimum atomic E-state index is 0.969. The van der Waals surface area contributed by atoms with Crippen molar-refractivity contribution in [3.05, 3.63) is 52.7 Å². The standard InChI is InChI=1S/C13H10OS2/c1-2-6-12-10(4-1)8-13(14-12)16-9-11-5-3-7-15-11/h1-8H,9H2. The quantitative estimate of drug-likeness (QED) is 0.616. The summed E-state index contributed by atoms with van der Waals surface area (Å²) in [5, 5.41) is 4.28. The summed E-state index contributed by atoms with van der Waals surface area (Å²) < 4.78 is 5.73. The average molecular weight is 246 g/mol. The summed E-state index contributed by atoms with van der Waals surface area (Å²) in [6.45, 7) is 0. The molecule has 0 aliphatic heterocycles. The Kier molecular flexibility index (Phi) is 2.72. The number of fused-ring (bicyclic) bond motifs is 1. The van der Waals surface area contributed by atoms with Crippen molar-refractivity contribution in [1.82, 2.24) is 0 Å². The fourth-order valence-corrected chi connectivity index (χ4v) is 3.24. The highest BCUT2D eigenvalue weighted by atomic mass is 32.2. The van der Waals surface area contributed by atoms with Crippen molar-refractivity contribution >= 4 is 34.1 Å². The van der Waals surface area contributed by atoms with E-state index in [0.717, 1.165) is 16.4 Å². The van der Waals surface area contributed by atoms with E-state index in [9.17, 15) is 0 Å². The van der Waals surface area contributed by atoms with E-state index in [0.29, 0.717) is 0 Å². The van der Waals surface area contributed by atoms with Gasteiger partial charge in [0.2, 0.25) is 0 Å². The Morgan fingerprint density at radius 3 is 2.88 bits per heavy atom. The van der Waals surface area contributed by atoms with E-state index in [1.54, 1.807) is 23.1 Å². The molecule has 3 rings (SSSR count). The maximum absolute atomic E-state index is 5.73. The van der Waals surface area contributed by atoms with Gasteiger partial charge in [-0.05, 0) is 23.6 Å². The summed E-state index contributed by atoms with van der Waals surface area (Å²) >= 11 is 3.53. The molecule has 0 fully saturated rings. The lowest BCUT2D eigenvalue weighted by Gasteiger charge is -1.93. The molecule has 2 aromatic heterocycles. The van der Waals surface area contributed by atoms with Gasteiger partial charge < -0.3 is 4.42 Å². The maximum atomic E-state index is 5.73. The summed E-state index contributed by atoms with van der Waals surface area (Å²) in [4.78, 5) is 1.38. The monoisotopic (exact) mass is 246 g/mol.